The molecule has 2 aliphatic heterocycles. The summed E-state index contributed by atoms with van der Waals surface area (Å²) >= 11 is 0. The Morgan fingerprint density at radius 3 is 2.75 bits per heavy atom. The van der Waals surface area contributed by atoms with Gasteiger partial charge in [0.15, 0.2) is 0 Å². The number of nitrogens with one attached hydrogen (secondary N) is 2. The molecule has 160 valence electrons. The maximum atomic E-state index is 4.83. The topological polar surface area (TPSA) is 39.7 Å². The second-order valence-corrected chi connectivity index (χ2v) is 6.57. The highest BCUT2D eigenvalue weighted by Gasteiger charge is 2.14. The third-order valence-corrected chi connectivity index (χ3v) is 4.40. The van der Waals surface area contributed by atoms with Crippen molar-refractivity contribution in [3.05, 3.63) is 48.2 Å². The first-order valence-corrected chi connectivity index (χ1v) is 11.8. The number of hydrogen-bond acceptors (Lipinski definition) is 4. The van der Waals surface area contributed by atoms with Gasteiger partial charge in [0.1, 0.15) is 0 Å². The summed E-state index contributed by atoms with van der Waals surface area (Å²) in [5.74, 6) is 0. The second-order valence-electron chi connectivity index (χ2n) is 6.57. The van der Waals surface area contributed by atoms with Gasteiger partial charge in [0.05, 0.1) is 12.8 Å². The van der Waals surface area contributed by atoms with Crippen molar-refractivity contribution in [1.29, 1.82) is 0 Å². The van der Waals surface area contributed by atoms with Crippen LogP contribution in [0.5, 0.6) is 0 Å². The van der Waals surface area contributed by atoms with Crippen LogP contribution in [0.15, 0.2) is 53.2 Å². The molecule has 0 aromatic heterocycles. The van der Waals surface area contributed by atoms with E-state index in [1.165, 1.54) is 29.8 Å². The van der Waals surface area contributed by atoms with E-state index in [0.717, 1.165) is 39.1 Å². The summed E-state index contributed by atoms with van der Waals surface area (Å²) < 4.78 is 0. The monoisotopic (exact) mass is 406 g/mol. The quantitative estimate of drug-likeness (QED) is 0.504. The van der Waals surface area contributed by atoms with E-state index in [4.69, 9.17) is 4.99 Å². The Hall–Kier alpha value is -1.22. The Morgan fingerprint density at radius 2 is 2.07 bits per heavy atom. The van der Waals surface area contributed by atoms with E-state index in [2.05, 4.69) is 63.4 Å². The zero-order valence-corrected chi connectivity index (χ0v) is 20.0. The van der Waals surface area contributed by atoms with Gasteiger partial charge in [0.2, 0.25) is 0 Å². The number of aliphatic imine (C=N–C) groups is 1. The zero-order valence-electron chi connectivity index (χ0n) is 18.8. The first-order valence-electron chi connectivity index (χ1n) is 10.7. The lowest BCUT2D eigenvalue weighted by Crippen LogP contribution is -2.41. The van der Waals surface area contributed by atoms with Gasteiger partial charge in [-0.05, 0) is 57.4 Å². The Labute approximate surface area is 176 Å². The van der Waals surface area contributed by atoms with E-state index in [9.17, 15) is 0 Å². The lowest BCUT2D eigenvalue weighted by Gasteiger charge is -2.30. The smallest absolute Gasteiger partial charge is 0.0968 e. The van der Waals surface area contributed by atoms with Crippen LogP contribution in [-0.2, 0) is 0 Å². The van der Waals surface area contributed by atoms with Crippen molar-refractivity contribution < 1.29 is 0 Å². The van der Waals surface area contributed by atoms with Gasteiger partial charge < -0.3 is 5.32 Å². The van der Waals surface area contributed by atoms with Gasteiger partial charge in [-0.25, -0.2) is 0 Å². The standard InChI is InChI=1S/C20H32N4.C2H6.CH5P/c1-4-5-11-20-17(2)15-24(16-22-20)14-12-19-10-8-6-7-9-13-21-18(3)23-19;2*1-2/h4-5,8,10-11,18,21-22H,1,6-7,9,12-16H2,2-3H3;1-2H3;2H2,1H3/b10-8-,11-5-,23-19+;;. The SMILES string of the molecule is C=C/C=C\C1=C(C)CN(CCC2=N/C(C)NCCCC/C=C\2)CN1.CC.CP. The Bertz CT molecular complexity index is 535. The van der Waals surface area contributed by atoms with E-state index in [1.54, 1.807) is 0 Å². The summed E-state index contributed by atoms with van der Waals surface area (Å²) in [6, 6.07) is 0. The third kappa shape index (κ3) is 11.6. The van der Waals surface area contributed by atoms with Crippen LogP contribution in [0.2, 0.25) is 0 Å². The molecule has 2 unspecified atom stereocenters. The Morgan fingerprint density at radius 1 is 1.32 bits per heavy atom. The van der Waals surface area contributed by atoms with Crippen molar-refractivity contribution in [2.75, 3.05) is 33.0 Å². The van der Waals surface area contributed by atoms with Gasteiger partial charge in [0.25, 0.3) is 0 Å². The van der Waals surface area contributed by atoms with E-state index >= 15 is 0 Å². The molecular formula is C23H43N4P. The minimum absolute atomic E-state index is 0.208. The van der Waals surface area contributed by atoms with Crippen LogP contribution < -0.4 is 10.6 Å². The summed E-state index contributed by atoms with van der Waals surface area (Å²) in [5, 5.41) is 6.97. The van der Waals surface area contributed by atoms with Gasteiger partial charge >= 0.3 is 0 Å². The normalized spacial score (nSPS) is 23.9. The van der Waals surface area contributed by atoms with Crippen molar-refractivity contribution in [2.24, 2.45) is 4.99 Å². The number of allylic oxidation sites excluding steroid dienone is 5. The number of hydrogen-bond donors (Lipinski definition) is 2. The fourth-order valence-corrected chi connectivity index (χ4v) is 3.02. The molecular weight excluding hydrogens is 363 g/mol. The molecule has 2 heterocycles. The molecule has 2 rings (SSSR count). The first-order chi connectivity index (χ1) is 13.7. The molecule has 0 bridgehead atoms. The van der Waals surface area contributed by atoms with Crippen LogP contribution in [-0.4, -0.2) is 49.7 Å². The van der Waals surface area contributed by atoms with Crippen LogP contribution in [0, 0.1) is 0 Å². The maximum absolute atomic E-state index is 4.83. The van der Waals surface area contributed by atoms with Crippen LogP contribution in [0.1, 0.15) is 53.4 Å². The lowest BCUT2D eigenvalue weighted by atomic mass is 10.1. The summed E-state index contributed by atoms with van der Waals surface area (Å²) in [4.78, 5) is 7.27. The molecule has 28 heavy (non-hydrogen) atoms. The molecule has 0 amide bonds. The van der Waals surface area contributed by atoms with Gasteiger partial charge in [0, 0.05) is 30.9 Å². The van der Waals surface area contributed by atoms with Gasteiger partial charge in [-0.3, -0.25) is 15.2 Å². The van der Waals surface area contributed by atoms with Crippen LogP contribution in [0.25, 0.3) is 0 Å². The summed E-state index contributed by atoms with van der Waals surface area (Å²) in [7, 11) is 2.42. The second kappa shape index (κ2) is 17.8. The number of rotatable bonds is 5. The van der Waals surface area contributed by atoms with E-state index in [0.29, 0.717) is 0 Å². The fraction of sp³-hybridized carbons (Fsp3) is 0.609. The predicted molar refractivity (Wildman–Crippen MR) is 131 cm³/mol. The fourth-order valence-electron chi connectivity index (χ4n) is 3.02. The minimum atomic E-state index is 0.208. The zero-order chi connectivity index (χ0) is 21.2. The Balaban J connectivity index is 0.00000171. The highest BCUT2D eigenvalue weighted by Crippen LogP contribution is 2.12. The highest BCUT2D eigenvalue weighted by molar-refractivity contribution is 7.15. The van der Waals surface area contributed by atoms with Crippen molar-refractivity contribution in [2.45, 2.75) is 59.5 Å². The summed E-state index contributed by atoms with van der Waals surface area (Å²) in [5.41, 5.74) is 3.80. The maximum Gasteiger partial charge on any atom is 0.0968 e. The third-order valence-electron chi connectivity index (χ3n) is 4.40. The molecule has 0 fully saturated rings. The molecule has 0 saturated carbocycles. The highest BCUT2D eigenvalue weighted by atomic mass is 31.0. The van der Waals surface area contributed by atoms with E-state index < -0.39 is 0 Å². The van der Waals surface area contributed by atoms with Crippen molar-refractivity contribution in [3.8, 4) is 0 Å². The van der Waals surface area contributed by atoms with Crippen molar-refractivity contribution in [1.82, 2.24) is 15.5 Å². The van der Waals surface area contributed by atoms with Gasteiger partial charge in [-0.2, -0.15) is 0 Å². The molecule has 2 N–H and O–H groups in total. The lowest BCUT2D eigenvalue weighted by molar-refractivity contribution is 0.275. The largest absolute Gasteiger partial charge is 0.372 e. The molecule has 4 nitrogen and oxygen atoms in total. The van der Waals surface area contributed by atoms with Crippen LogP contribution in [0.3, 0.4) is 0 Å². The van der Waals surface area contributed by atoms with Crippen molar-refractivity contribution in [3.63, 3.8) is 0 Å². The number of nitrogens with zero attached hydrogens (tertiary/aromatic N) is 2. The predicted octanol–water partition coefficient (Wildman–Crippen LogP) is 4.89. The molecule has 0 aromatic carbocycles. The van der Waals surface area contributed by atoms with Crippen LogP contribution >= 0.6 is 9.24 Å². The van der Waals surface area contributed by atoms with Gasteiger partial charge in [-0.1, -0.05) is 45.3 Å². The molecule has 0 aromatic rings. The average molecular weight is 407 g/mol. The average Bonchev–Trinajstić information content (AvgIpc) is 2.73. The molecule has 0 radical (unpaired) electrons. The summed E-state index contributed by atoms with van der Waals surface area (Å²) in [6.07, 6.45) is 15.2. The van der Waals surface area contributed by atoms with Gasteiger partial charge in [-0.15, -0.1) is 9.24 Å². The van der Waals surface area contributed by atoms with E-state index in [-0.39, 0.29) is 6.17 Å². The van der Waals surface area contributed by atoms with Crippen molar-refractivity contribution >= 4 is 15.0 Å². The van der Waals surface area contributed by atoms with Crippen LogP contribution in [0.4, 0.5) is 0 Å². The molecule has 2 atom stereocenters. The first kappa shape index (κ1) is 26.8. The molecule has 2 aliphatic rings. The van der Waals surface area contributed by atoms with E-state index in [1.807, 2.05) is 32.7 Å². The molecule has 0 aliphatic carbocycles. The summed E-state index contributed by atoms with van der Waals surface area (Å²) in [6.45, 7) is 18.0. The molecule has 0 spiro atoms. The molecule has 0 saturated heterocycles. The Kier molecular flexibility index (Phi) is 17.1. The molecule has 5 heteroatoms. The minimum Gasteiger partial charge on any atom is -0.372 e.